The molecule has 2 saturated heterocycles. The van der Waals surface area contributed by atoms with Crippen LogP contribution in [0.5, 0.6) is 5.75 Å². The highest BCUT2D eigenvalue weighted by Gasteiger charge is 2.28. The molecule has 4 heterocycles. The highest BCUT2D eigenvalue weighted by atomic mass is 16.5. The minimum atomic E-state index is 0.391. The Hall–Kier alpha value is -2.77. The quantitative estimate of drug-likeness (QED) is 0.693. The summed E-state index contributed by atoms with van der Waals surface area (Å²) in [5, 5.41) is 0. The molecule has 1 aromatic heterocycles. The molecule has 5 rings (SSSR count). The first kappa shape index (κ1) is 22.0. The molecule has 3 aliphatic rings. The summed E-state index contributed by atoms with van der Waals surface area (Å²) < 4.78 is 11.4. The number of fused-ring (bicyclic) bond motifs is 1. The number of aliphatic imine (C=N–C) groups is 1. The Kier molecular flexibility index (Phi) is 6.42. The smallest absolute Gasteiger partial charge is 0.159 e. The summed E-state index contributed by atoms with van der Waals surface area (Å²) in [6.07, 6.45) is 4.05. The van der Waals surface area contributed by atoms with Gasteiger partial charge in [0.25, 0.3) is 0 Å². The number of hydrogen-bond donors (Lipinski definition) is 0. The van der Waals surface area contributed by atoms with Gasteiger partial charge >= 0.3 is 0 Å². The highest BCUT2D eigenvalue weighted by Crippen LogP contribution is 2.39. The Balaban J connectivity index is 1.64. The van der Waals surface area contributed by atoms with Gasteiger partial charge in [-0.05, 0) is 38.1 Å². The summed E-state index contributed by atoms with van der Waals surface area (Å²) in [6.45, 7) is 10.8. The molecule has 1 aromatic carbocycles. The second-order valence-electron chi connectivity index (χ2n) is 8.96. The van der Waals surface area contributed by atoms with E-state index in [4.69, 9.17) is 24.4 Å². The number of likely N-dealkylation sites (N-methyl/N-ethyl adjacent to an activating group) is 1. The number of benzene rings is 1. The van der Waals surface area contributed by atoms with Crippen LogP contribution in [0.3, 0.4) is 0 Å². The first-order valence-corrected chi connectivity index (χ1v) is 12.0. The Bertz CT molecular complexity index is 1070. The van der Waals surface area contributed by atoms with Crippen molar-refractivity contribution in [2.75, 3.05) is 57.9 Å². The van der Waals surface area contributed by atoms with Crippen LogP contribution in [-0.4, -0.2) is 73.6 Å². The second kappa shape index (κ2) is 9.61. The van der Waals surface area contributed by atoms with Crippen molar-refractivity contribution < 1.29 is 9.47 Å². The number of ether oxygens (including phenoxy) is 2. The number of aryl methyl sites for hydroxylation is 1. The Morgan fingerprint density at radius 1 is 1.12 bits per heavy atom. The van der Waals surface area contributed by atoms with Crippen molar-refractivity contribution in [2.24, 2.45) is 10.9 Å². The number of nitrogens with zero attached hydrogens (tertiary/aromatic N) is 5. The first-order chi connectivity index (χ1) is 16.2. The number of anilines is 1. The average Bonchev–Trinajstić information content (AvgIpc) is 3.32. The van der Waals surface area contributed by atoms with Gasteiger partial charge in [-0.25, -0.2) is 15.0 Å². The third kappa shape index (κ3) is 4.52. The maximum Gasteiger partial charge on any atom is 0.159 e. The fraction of sp³-hybridized carbons (Fsp3) is 0.500. The Labute approximate surface area is 196 Å². The van der Waals surface area contributed by atoms with Gasteiger partial charge in [0.2, 0.25) is 0 Å². The topological polar surface area (TPSA) is 63.1 Å². The lowest BCUT2D eigenvalue weighted by atomic mass is 9.91. The molecular weight excluding hydrogens is 414 g/mol. The van der Waals surface area contributed by atoms with Crippen LogP contribution in [0.4, 0.5) is 11.5 Å². The summed E-state index contributed by atoms with van der Waals surface area (Å²) in [6, 6.07) is 8.15. The predicted molar refractivity (Wildman–Crippen MR) is 132 cm³/mol. The molecule has 33 heavy (non-hydrogen) atoms. The van der Waals surface area contributed by atoms with Gasteiger partial charge in [-0.2, -0.15) is 0 Å². The van der Waals surface area contributed by atoms with Gasteiger partial charge in [-0.3, -0.25) is 0 Å². The molecule has 1 atom stereocenters. The van der Waals surface area contributed by atoms with E-state index in [0.29, 0.717) is 5.92 Å². The van der Waals surface area contributed by atoms with Crippen molar-refractivity contribution in [2.45, 2.75) is 26.7 Å². The van der Waals surface area contributed by atoms with Crippen LogP contribution in [0.25, 0.3) is 6.08 Å². The summed E-state index contributed by atoms with van der Waals surface area (Å²) in [7, 11) is 1.72. The zero-order valence-electron chi connectivity index (χ0n) is 19.9. The molecule has 174 valence electrons. The van der Waals surface area contributed by atoms with Crippen molar-refractivity contribution in [1.82, 2.24) is 14.9 Å². The van der Waals surface area contributed by atoms with Crippen LogP contribution < -0.4 is 9.64 Å². The molecule has 0 saturated carbocycles. The lowest BCUT2D eigenvalue weighted by Crippen LogP contribution is -2.46. The number of para-hydroxylation sites is 1. The van der Waals surface area contributed by atoms with Gasteiger partial charge < -0.3 is 19.3 Å². The third-order valence-electron chi connectivity index (χ3n) is 6.94. The molecule has 0 radical (unpaired) electrons. The SMILES string of the molecule is CCN1CCN(c2nc(C)nc3c2N=C(c2ccccc2OC)CC([C@@H]2CCOC2)=C3)CC1. The van der Waals surface area contributed by atoms with Crippen LogP contribution in [0.15, 0.2) is 34.8 Å². The lowest BCUT2D eigenvalue weighted by Gasteiger charge is -2.35. The summed E-state index contributed by atoms with van der Waals surface area (Å²) >= 11 is 0. The van der Waals surface area contributed by atoms with Crippen LogP contribution in [-0.2, 0) is 4.74 Å². The van der Waals surface area contributed by atoms with Gasteiger partial charge in [0.15, 0.2) is 5.82 Å². The fourth-order valence-electron chi connectivity index (χ4n) is 5.00. The van der Waals surface area contributed by atoms with Crippen molar-refractivity contribution in [3.63, 3.8) is 0 Å². The molecular formula is C26H33N5O2. The Morgan fingerprint density at radius 2 is 1.94 bits per heavy atom. The lowest BCUT2D eigenvalue weighted by molar-refractivity contribution is 0.190. The molecule has 0 spiro atoms. The van der Waals surface area contributed by atoms with E-state index in [1.807, 2.05) is 25.1 Å². The number of rotatable bonds is 5. The molecule has 0 unspecified atom stereocenters. The van der Waals surface area contributed by atoms with Crippen LogP contribution in [0.1, 0.15) is 36.8 Å². The molecule has 2 aromatic rings. The van der Waals surface area contributed by atoms with Gasteiger partial charge in [0, 0.05) is 50.7 Å². The van der Waals surface area contributed by atoms with E-state index in [1.54, 1.807) is 7.11 Å². The van der Waals surface area contributed by atoms with Crippen LogP contribution in [0.2, 0.25) is 0 Å². The third-order valence-corrected chi connectivity index (χ3v) is 6.94. The van der Waals surface area contributed by atoms with E-state index < -0.39 is 0 Å². The van der Waals surface area contributed by atoms with Crippen molar-refractivity contribution >= 4 is 23.3 Å². The molecule has 7 heteroatoms. The molecule has 0 amide bonds. The number of methoxy groups -OCH3 is 1. The standard InChI is InChI=1S/C26H33N5O2/c1-4-30-10-12-31(13-11-30)26-25-23(27-18(2)28-26)16-20(19-9-14-33-17-19)15-22(29-25)21-7-5-6-8-24(21)32-3/h5-8,16,19H,4,9-15,17H2,1-3H3/t19-/m1/s1. The summed E-state index contributed by atoms with van der Waals surface area (Å²) in [4.78, 5) is 19.9. The van der Waals surface area contributed by atoms with Crippen molar-refractivity contribution in [1.29, 1.82) is 0 Å². The molecule has 0 N–H and O–H groups in total. The largest absolute Gasteiger partial charge is 0.496 e. The first-order valence-electron chi connectivity index (χ1n) is 12.0. The normalized spacial score (nSPS) is 21.3. The maximum atomic E-state index is 5.74. The van der Waals surface area contributed by atoms with Gasteiger partial charge in [-0.1, -0.05) is 24.6 Å². The Morgan fingerprint density at radius 3 is 2.67 bits per heavy atom. The van der Waals surface area contributed by atoms with Gasteiger partial charge in [-0.15, -0.1) is 0 Å². The summed E-state index contributed by atoms with van der Waals surface area (Å²) in [5.41, 5.74) is 5.16. The van der Waals surface area contributed by atoms with E-state index >= 15 is 0 Å². The zero-order chi connectivity index (χ0) is 22.8. The minimum Gasteiger partial charge on any atom is -0.496 e. The number of hydrogen-bond acceptors (Lipinski definition) is 7. The number of piperazine rings is 1. The molecule has 0 aliphatic carbocycles. The summed E-state index contributed by atoms with van der Waals surface area (Å²) in [5.74, 6) is 2.97. The maximum absolute atomic E-state index is 5.74. The molecule has 2 fully saturated rings. The molecule has 3 aliphatic heterocycles. The highest BCUT2D eigenvalue weighted by molar-refractivity contribution is 6.07. The van der Waals surface area contributed by atoms with E-state index in [-0.39, 0.29) is 0 Å². The molecule has 7 nitrogen and oxygen atoms in total. The van der Waals surface area contributed by atoms with Gasteiger partial charge in [0.05, 0.1) is 25.1 Å². The zero-order valence-corrected chi connectivity index (χ0v) is 19.9. The van der Waals surface area contributed by atoms with Crippen LogP contribution in [0, 0.1) is 12.8 Å². The predicted octanol–water partition coefficient (Wildman–Crippen LogP) is 3.88. The van der Waals surface area contributed by atoms with E-state index in [0.717, 1.165) is 98.8 Å². The van der Waals surface area contributed by atoms with Gasteiger partial charge in [0.1, 0.15) is 17.3 Å². The monoisotopic (exact) mass is 447 g/mol. The van der Waals surface area contributed by atoms with Crippen LogP contribution >= 0.6 is 0 Å². The molecule has 0 bridgehead atoms. The van der Waals surface area contributed by atoms with E-state index in [2.05, 4.69) is 28.9 Å². The van der Waals surface area contributed by atoms with Crippen molar-refractivity contribution in [3.05, 3.63) is 46.9 Å². The van der Waals surface area contributed by atoms with E-state index in [1.165, 1.54) is 5.57 Å². The fourth-order valence-corrected chi connectivity index (χ4v) is 5.00. The van der Waals surface area contributed by atoms with Crippen molar-refractivity contribution in [3.8, 4) is 5.75 Å². The second-order valence-corrected chi connectivity index (χ2v) is 8.96. The average molecular weight is 448 g/mol. The van der Waals surface area contributed by atoms with E-state index in [9.17, 15) is 0 Å². The minimum absolute atomic E-state index is 0.391. The number of aromatic nitrogens is 2.